The van der Waals surface area contributed by atoms with Gasteiger partial charge in [0.05, 0.1) is 10.9 Å². The van der Waals surface area contributed by atoms with Crippen LogP contribution in [0, 0.1) is 29.6 Å². The van der Waals surface area contributed by atoms with Crippen LogP contribution in [0.15, 0.2) is 11.6 Å². The molecule has 8 unspecified atom stereocenters. The predicted molar refractivity (Wildman–Crippen MR) is 155 cm³/mol. The van der Waals surface area contributed by atoms with E-state index in [1.807, 2.05) is 13.8 Å². The Labute approximate surface area is 226 Å². The van der Waals surface area contributed by atoms with Gasteiger partial charge in [-0.3, -0.25) is 0 Å². The zero-order chi connectivity index (χ0) is 24.2. The first-order valence-corrected chi connectivity index (χ1v) is 17.3. The molecule has 0 bridgehead atoms. The number of fused-ring (bicyclic) bond motifs is 5. The van der Waals surface area contributed by atoms with Gasteiger partial charge in [0, 0.05) is 10.00 Å². The van der Waals surface area contributed by atoms with Crippen molar-refractivity contribution in [1.82, 2.24) is 0 Å². The summed E-state index contributed by atoms with van der Waals surface area (Å²) in [6.07, 6.45) is 16.8. The molecule has 0 saturated heterocycles. The van der Waals surface area contributed by atoms with E-state index in [2.05, 4.69) is 19.9 Å². The van der Waals surface area contributed by atoms with Crippen molar-refractivity contribution in [2.45, 2.75) is 126 Å². The molecule has 0 amide bonds. The molecule has 1 nitrogen and oxygen atoms in total. The van der Waals surface area contributed by atoms with Crippen LogP contribution in [0.3, 0.4) is 0 Å². The van der Waals surface area contributed by atoms with E-state index in [1.165, 1.54) is 67.9 Å². The zero-order valence-electron chi connectivity index (χ0n) is 21.1. The third kappa shape index (κ3) is 5.77. The molecule has 9 atom stereocenters. The van der Waals surface area contributed by atoms with Crippen molar-refractivity contribution < 1.29 is 5.11 Å². The highest BCUT2D eigenvalue weighted by molar-refractivity contribution is 8.22. The fraction of sp³-hybridized carbons (Fsp3) is 0.926. The lowest BCUT2D eigenvalue weighted by atomic mass is 9.55. The molecule has 192 valence electrons. The monoisotopic (exact) mass is 552 g/mol. The Kier molecular flexibility index (Phi) is 11.1. The molecule has 6 heteroatoms. The maximum Gasteiger partial charge on any atom is 0.0578 e. The van der Waals surface area contributed by atoms with Crippen molar-refractivity contribution in [1.29, 1.82) is 0 Å². The largest absolute Gasteiger partial charge is 0.393 e. The van der Waals surface area contributed by atoms with Crippen molar-refractivity contribution >= 4 is 55.9 Å². The molecule has 4 rings (SSSR count). The SMILES string of the molecule is CC.CC[C@](S)(CCCC1CCC2C1CCC1C2CC=C2CC(O)CCC21SCl)C(C)SCl. The van der Waals surface area contributed by atoms with E-state index >= 15 is 0 Å². The van der Waals surface area contributed by atoms with Crippen molar-refractivity contribution in [3.8, 4) is 0 Å². The molecule has 0 aromatic rings. The Morgan fingerprint density at radius 1 is 1.15 bits per heavy atom. The number of hydrogen-bond acceptors (Lipinski definition) is 4. The predicted octanol–water partition coefficient (Wildman–Crippen LogP) is 9.71. The Bertz CT molecular complexity index is 661. The lowest BCUT2D eigenvalue weighted by molar-refractivity contribution is 0.0463. The molecular formula is C27H46Cl2OS3. The van der Waals surface area contributed by atoms with Crippen LogP contribution in [0.2, 0.25) is 0 Å². The van der Waals surface area contributed by atoms with Crippen LogP contribution in [-0.4, -0.2) is 26.0 Å². The van der Waals surface area contributed by atoms with Crippen molar-refractivity contribution in [2.75, 3.05) is 0 Å². The fourth-order valence-corrected chi connectivity index (χ4v) is 11.1. The van der Waals surface area contributed by atoms with Gasteiger partial charge in [0.15, 0.2) is 0 Å². The van der Waals surface area contributed by atoms with Crippen LogP contribution in [0.4, 0.5) is 0 Å². The fourth-order valence-electron chi connectivity index (χ4n) is 7.92. The molecule has 4 aliphatic carbocycles. The second-order valence-corrected chi connectivity index (χ2v) is 14.6. The highest BCUT2D eigenvalue weighted by Gasteiger charge is 2.56. The topological polar surface area (TPSA) is 20.2 Å². The van der Waals surface area contributed by atoms with Crippen molar-refractivity contribution in [2.24, 2.45) is 29.6 Å². The summed E-state index contributed by atoms with van der Waals surface area (Å²) in [5, 5.41) is 10.6. The number of thiol groups is 1. The highest BCUT2D eigenvalue weighted by atomic mass is 35.7. The minimum absolute atomic E-state index is 0.0577. The van der Waals surface area contributed by atoms with Crippen LogP contribution >= 0.6 is 55.9 Å². The first kappa shape index (κ1) is 28.9. The molecule has 0 radical (unpaired) electrons. The molecule has 3 fully saturated rings. The Morgan fingerprint density at radius 3 is 2.55 bits per heavy atom. The first-order chi connectivity index (χ1) is 15.9. The zero-order valence-corrected chi connectivity index (χ0v) is 25.1. The molecule has 4 aliphatic rings. The summed E-state index contributed by atoms with van der Waals surface area (Å²) in [7, 11) is 15.8. The van der Waals surface area contributed by atoms with E-state index in [4.69, 9.17) is 34.0 Å². The molecule has 0 spiro atoms. The van der Waals surface area contributed by atoms with Crippen LogP contribution in [0.1, 0.15) is 105 Å². The van der Waals surface area contributed by atoms with Gasteiger partial charge in [0.25, 0.3) is 0 Å². The number of aliphatic hydroxyl groups excluding tert-OH is 1. The van der Waals surface area contributed by atoms with Crippen LogP contribution < -0.4 is 0 Å². The highest BCUT2D eigenvalue weighted by Crippen LogP contribution is 2.63. The summed E-state index contributed by atoms with van der Waals surface area (Å²) < 4.78 is 0.164. The molecule has 0 aliphatic heterocycles. The summed E-state index contributed by atoms with van der Waals surface area (Å²) in [4.78, 5) is 0. The quantitative estimate of drug-likeness (QED) is 0.231. The van der Waals surface area contributed by atoms with Crippen molar-refractivity contribution in [3.63, 3.8) is 0 Å². The summed E-state index contributed by atoms with van der Waals surface area (Å²) in [5.74, 6) is 4.23. The number of rotatable bonds is 8. The molecular weight excluding hydrogens is 507 g/mol. The Morgan fingerprint density at radius 2 is 1.88 bits per heavy atom. The maximum absolute atomic E-state index is 10.2. The minimum Gasteiger partial charge on any atom is -0.393 e. The molecule has 33 heavy (non-hydrogen) atoms. The maximum atomic E-state index is 10.2. The second-order valence-electron chi connectivity index (χ2n) is 10.9. The molecule has 0 aromatic carbocycles. The second kappa shape index (κ2) is 12.7. The van der Waals surface area contributed by atoms with Gasteiger partial charge >= 0.3 is 0 Å². The number of allylic oxidation sites excluding steroid dienone is 1. The van der Waals surface area contributed by atoms with Crippen LogP contribution in [-0.2, 0) is 0 Å². The Balaban J connectivity index is 0.00000149. The van der Waals surface area contributed by atoms with Crippen molar-refractivity contribution in [3.05, 3.63) is 11.6 Å². The summed E-state index contributed by atoms with van der Waals surface area (Å²) in [6.45, 7) is 8.48. The van der Waals surface area contributed by atoms with Gasteiger partial charge in [-0.1, -0.05) is 63.2 Å². The van der Waals surface area contributed by atoms with Gasteiger partial charge in [-0.25, -0.2) is 0 Å². The van der Waals surface area contributed by atoms with E-state index in [9.17, 15) is 5.11 Å². The van der Waals surface area contributed by atoms with Gasteiger partial charge in [0.2, 0.25) is 0 Å². The average Bonchev–Trinajstić information content (AvgIpc) is 3.27. The van der Waals surface area contributed by atoms with Gasteiger partial charge in [-0.2, -0.15) is 12.6 Å². The van der Waals surface area contributed by atoms with Gasteiger partial charge in [-0.05, 0) is 126 Å². The number of hydrogen-bond donors (Lipinski definition) is 2. The lowest BCUT2D eigenvalue weighted by Crippen LogP contribution is -2.51. The van der Waals surface area contributed by atoms with E-state index < -0.39 is 0 Å². The van der Waals surface area contributed by atoms with Crippen LogP contribution in [0.25, 0.3) is 0 Å². The molecule has 0 heterocycles. The molecule has 1 N–H and O–H groups in total. The van der Waals surface area contributed by atoms with Gasteiger partial charge in [-0.15, -0.1) is 0 Å². The van der Waals surface area contributed by atoms with E-state index in [-0.39, 0.29) is 15.6 Å². The molecule has 3 saturated carbocycles. The average molecular weight is 554 g/mol. The van der Waals surface area contributed by atoms with Gasteiger partial charge in [0.1, 0.15) is 0 Å². The summed E-state index contributed by atoms with van der Waals surface area (Å²) in [6, 6.07) is 0. The smallest absolute Gasteiger partial charge is 0.0578 e. The normalized spacial score (nSPS) is 40.3. The third-order valence-corrected chi connectivity index (χ3v) is 14.3. The number of aliphatic hydroxyl groups is 1. The third-order valence-electron chi connectivity index (χ3n) is 9.81. The van der Waals surface area contributed by atoms with E-state index in [0.717, 1.165) is 49.4 Å². The van der Waals surface area contributed by atoms with E-state index in [0.29, 0.717) is 11.2 Å². The van der Waals surface area contributed by atoms with Gasteiger partial charge < -0.3 is 5.11 Å². The minimum atomic E-state index is -0.158. The number of halogens is 2. The standard InChI is InChI=1S/C25H40Cl2OS3.C2H6/c1-3-24(29,16(2)30-26)13-4-5-17-6-8-21-20(17)10-11-23-22(21)9-7-18-15-19(28)12-14-25(18,23)31-27;1-2/h7,16-17,19-23,28-29H,3-6,8-15H2,1-2H3;1-2H3/t16?,17?,19?,20?,21?,22?,23?,24-,25?;/m0./s1. The summed E-state index contributed by atoms with van der Waals surface area (Å²) in [5.41, 5.74) is 1.47. The lowest BCUT2D eigenvalue weighted by Gasteiger charge is -2.55. The van der Waals surface area contributed by atoms with E-state index in [1.54, 1.807) is 11.0 Å². The summed E-state index contributed by atoms with van der Waals surface area (Å²) >= 11 is 5.05. The first-order valence-electron chi connectivity index (χ1n) is 13.6. The Hall–Kier alpha value is 1.33. The molecule has 0 aromatic heterocycles. The van der Waals surface area contributed by atoms with Crippen LogP contribution in [0.5, 0.6) is 0 Å².